The summed E-state index contributed by atoms with van der Waals surface area (Å²) in [4.78, 5) is 40.9. The minimum Gasteiger partial charge on any atom is -0.383 e. The second-order valence-corrected chi connectivity index (χ2v) is 5.79. The first-order valence-electron chi connectivity index (χ1n) is 8.14. The number of aromatic nitrogens is 4. The Morgan fingerprint density at radius 3 is 2.93 bits per heavy atom. The van der Waals surface area contributed by atoms with Gasteiger partial charge in [-0.25, -0.2) is 10.2 Å². The number of hydrogen-bond donors (Lipinski definition) is 2. The van der Waals surface area contributed by atoms with Gasteiger partial charge in [0.25, 0.3) is 11.2 Å². The molecule has 0 atom stereocenters. The maximum Gasteiger partial charge on any atom is 0.329 e. The van der Waals surface area contributed by atoms with Crippen molar-refractivity contribution in [3.8, 4) is 0 Å². The van der Waals surface area contributed by atoms with Crippen LogP contribution in [0.1, 0.15) is 5.56 Å². The minimum atomic E-state index is -0.583. The number of aromatic amines is 1. The lowest BCUT2D eigenvalue weighted by atomic mass is 10.2. The van der Waals surface area contributed by atoms with Crippen LogP contribution in [-0.4, -0.2) is 44.0 Å². The molecule has 0 aliphatic heterocycles. The normalized spacial score (nSPS) is 11.4. The van der Waals surface area contributed by atoms with E-state index in [4.69, 9.17) is 4.74 Å². The molecule has 1 aromatic carbocycles. The van der Waals surface area contributed by atoms with E-state index < -0.39 is 16.2 Å². The number of nitrogens with one attached hydrogen (secondary N) is 2. The van der Waals surface area contributed by atoms with Crippen LogP contribution in [0.4, 0.5) is 11.6 Å². The first-order chi connectivity index (χ1) is 13.4. The van der Waals surface area contributed by atoms with Crippen LogP contribution in [0.3, 0.4) is 0 Å². The second kappa shape index (κ2) is 7.84. The van der Waals surface area contributed by atoms with Crippen LogP contribution in [0.15, 0.2) is 39.0 Å². The van der Waals surface area contributed by atoms with Crippen LogP contribution < -0.4 is 16.7 Å². The number of H-pyrrole nitrogens is 1. The van der Waals surface area contributed by atoms with E-state index in [0.29, 0.717) is 18.7 Å². The summed E-state index contributed by atoms with van der Waals surface area (Å²) >= 11 is 0. The van der Waals surface area contributed by atoms with Crippen molar-refractivity contribution in [2.75, 3.05) is 19.1 Å². The molecule has 146 valence electrons. The van der Waals surface area contributed by atoms with Crippen LogP contribution in [-0.2, 0) is 18.3 Å². The van der Waals surface area contributed by atoms with E-state index in [1.54, 1.807) is 16.7 Å². The van der Waals surface area contributed by atoms with Gasteiger partial charge in [-0.2, -0.15) is 10.1 Å². The lowest BCUT2D eigenvalue weighted by molar-refractivity contribution is -0.384. The first kappa shape index (κ1) is 19.0. The largest absolute Gasteiger partial charge is 0.383 e. The zero-order valence-corrected chi connectivity index (χ0v) is 15.1. The van der Waals surface area contributed by atoms with Crippen LogP contribution in [0.2, 0.25) is 0 Å². The number of anilines is 1. The number of hydrogen-bond acceptors (Lipinski definition) is 8. The summed E-state index contributed by atoms with van der Waals surface area (Å²) in [6.07, 6.45) is 1.39. The molecule has 12 nitrogen and oxygen atoms in total. The third kappa shape index (κ3) is 3.66. The average Bonchev–Trinajstić information content (AvgIpc) is 3.04. The molecule has 2 N–H and O–H groups in total. The lowest BCUT2D eigenvalue weighted by Gasteiger charge is -2.07. The van der Waals surface area contributed by atoms with Crippen LogP contribution in [0.5, 0.6) is 0 Å². The molecule has 0 aliphatic carbocycles. The number of hydrazone groups is 1. The summed E-state index contributed by atoms with van der Waals surface area (Å²) in [6, 6.07) is 5.94. The van der Waals surface area contributed by atoms with Crippen molar-refractivity contribution in [3.63, 3.8) is 0 Å². The summed E-state index contributed by atoms with van der Waals surface area (Å²) in [7, 11) is 3.01. The molecule has 0 unspecified atom stereocenters. The molecule has 3 rings (SSSR count). The van der Waals surface area contributed by atoms with Crippen molar-refractivity contribution >= 4 is 29.0 Å². The van der Waals surface area contributed by atoms with Crippen molar-refractivity contribution in [2.45, 2.75) is 6.54 Å². The molecule has 0 radical (unpaired) electrons. The van der Waals surface area contributed by atoms with Crippen molar-refractivity contribution < 1.29 is 9.66 Å². The van der Waals surface area contributed by atoms with Crippen molar-refractivity contribution in [3.05, 3.63) is 60.8 Å². The standard InChI is InChI=1S/C16H17N7O5/c1-21-13-12(14(24)19-16(21)25)22(6-7-28-2)15(18-13)20-17-9-10-4-3-5-11(8-10)23(26)27/h3-5,8-9H,6-7H2,1-2H3,(H,18,20)(H,19,24,25). The number of benzene rings is 1. The number of non-ortho nitro benzene ring substituents is 1. The quantitative estimate of drug-likeness (QED) is 0.339. The molecule has 0 saturated carbocycles. The number of rotatable bonds is 7. The van der Waals surface area contributed by atoms with Crippen LogP contribution in [0, 0.1) is 10.1 Å². The fourth-order valence-electron chi connectivity index (χ4n) is 2.60. The Hall–Kier alpha value is -3.80. The highest BCUT2D eigenvalue weighted by Gasteiger charge is 2.16. The fourth-order valence-corrected chi connectivity index (χ4v) is 2.60. The summed E-state index contributed by atoms with van der Waals surface area (Å²) < 4.78 is 7.82. The molecule has 0 spiro atoms. The van der Waals surface area contributed by atoms with Gasteiger partial charge in [-0.05, 0) is 0 Å². The smallest absolute Gasteiger partial charge is 0.329 e. The monoisotopic (exact) mass is 387 g/mol. The van der Waals surface area contributed by atoms with Gasteiger partial charge < -0.3 is 9.30 Å². The topological polar surface area (TPSA) is 149 Å². The summed E-state index contributed by atoms with van der Waals surface area (Å²) in [5, 5.41) is 14.9. The Morgan fingerprint density at radius 2 is 2.21 bits per heavy atom. The van der Waals surface area contributed by atoms with Gasteiger partial charge in [-0.1, -0.05) is 12.1 Å². The summed E-state index contributed by atoms with van der Waals surface area (Å²) in [5.74, 6) is 0.223. The van der Waals surface area contributed by atoms with Gasteiger partial charge in [0, 0.05) is 38.4 Å². The zero-order valence-electron chi connectivity index (χ0n) is 15.1. The molecule has 0 bridgehead atoms. The van der Waals surface area contributed by atoms with Gasteiger partial charge >= 0.3 is 5.69 Å². The maximum absolute atomic E-state index is 12.2. The molecule has 0 fully saturated rings. The third-order valence-corrected chi connectivity index (χ3v) is 3.99. The number of imidazole rings is 1. The highest BCUT2D eigenvalue weighted by molar-refractivity contribution is 5.81. The fraction of sp³-hybridized carbons (Fsp3) is 0.250. The Bertz CT molecular complexity index is 1170. The lowest BCUT2D eigenvalue weighted by Crippen LogP contribution is -2.29. The average molecular weight is 387 g/mol. The SMILES string of the molecule is COCCn1c(NN=Cc2cccc([N+](=O)[O-])c2)nc2c1c(=O)[nH]c(=O)n2C. The van der Waals surface area contributed by atoms with Crippen molar-refractivity contribution in [2.24, 2.45) is 12.1 Å². The van der Waals surface area contributed by atoms with E-state index in [9.17, 15) is 19.7 Å². The molecule has 3 aromatic rings. The number of fused-ring (bicyclic) bond motifs is 1. The highest BCUT2D eigenvalue weighted by atomic mass is 16.6. The van der Waals surface area contributed by atoms with Crippen molar-refractivity contribution in [1.82, 2.24) is 19.1 Å². The third-order valence-electron chi connectivity index (χ3n) is 3.99. The summed E-state index contributed by atoms with van der Waals surface area (Å²) in [6.45, 7) is 0.597. The van der Waals surface area contributed by atoms with Gasteiger partial charge in [0.05, 0.1) is 17.7 Å². The number of methoxy groups -OCH3 is 1. The van der Waals surface area contributed by atoms with E-state index in [1.165, 1.54) is 37.1 Å². The molecule has 2 heterocycles. The maximum atomic E-state index is 12.2. The summed E-state index contributed by atoms with van der Waals surface area (Å²) in [5.41, 5.74) is 2.40. The van der Waals surface area contributed by atoms with E-state index in [2.05, 4.69) is 20.5 Å². The Balaban J connectivity index is 1.98. The first-order valence-corrected chi connectivity index (χ1v) is 8.14. The van der Waals surface area contributed by atoms with E-state index in [0.717, 1.165) is 0 Å². The minimum absolute atomic E-state index is 0.0576. The van der Waals surface area contributed by atoms with Crippen LogP contribution >= 0.6 is 0 Å². The van der Waals surface area contributed by atoms with Crippen molar-refractivity contribution in [1.29, 1.82) is 0 Å². The predicted molar refractivity (Wildman–Crippen MR) is 102 cm³/mol. The van der Waals surface area contributed by atoms with Gasteiger partial charge in [0.2, 0.25) is 5.95 Å². The number of nitro benzene ring substituents is 1. The van der Waals surface area contributed by atoms with Gasteiger partial charge in [-0.15, -0.1) is 0 Å². The van der Waals surface area contributed by atoms with Gasteiger partial charge in [-0.3, -0.25) is 24.5 Å². The van der Waals surface area contributed by atoms with E-state index in [1.807, 2.05) is 0 Å². The Kier molecular flexibility index (Phi) is 5.31. The molecule has 0 saturated heterocycles. The van der Waals surface area contributed by atoms with Crippen LogP contribution in [0.25, 0.3) is 11.2 Å². The predicted octanol–water partition coefficient (Wildman–Crippen LogP) is 0.424. The molecule has 12 heteroatoms. The molecule has 2 aromatic heterocycles. The number of aryl methyl sites for hydroxylation is 1. The number of ether oxygens (including phenoxy) is 1. The van der Waals surface area contributed by atoms with Gasteiger partial charge in [0.1, 0.15) is 0 Å². The number of nitro groups is 1. The second-order valence-electron chi connectivity index (χ2n) is 5.79. The molecule has 28 heavy (non-hydrogen) atoms. The highest BCUT2D eigenvalue weighted by Crippen LogP contribution is 2.15. The molecule has 0 aliphatic rings. The molecule has 0 amide bonds. The molecular formula is C16H17N7O5. The van der Waals surface area contributed by atoms with E-state index in [-0.39, 0.29) is 22.8 Å². The Labute approximate surface area is 157 Å². The van der Waals surface area contributed by atoms with E-state index >= 15 is 0 Å². The Morgan fingerprint density at radius 1 is 1.43 bits per heavy atom. The molecular weight excluding hydrogens is 370 g/mol. The van der Waals surface area contributed by atoms with Gasteiger partial charge in [0.15, 0.2) is 11.2 Å². The zero-order chi connectivity index (χ0) is 20.3. The number of nitrogens with zero attached hydrogens (tertiary/aromatic N) is 5.